The summed E-state index contributed by atoms with van der Waals surface area (Å²) in [5.41, 5.74) is -0.387. The van der Waals surface area contributed by atoms with Gasteiger partial charge in [0.2, 0.25) is 0 Å². The summed E-state index contributed by atoms with van der Waals surface area (Å²) >= 11 is 0. The number of H-pyrrole nitrogens is 1. The van der Waals surface area contributed by atoms with Crippen LogP contribution in [0.5, 0.6) is 5.75 Å². The molecular formula is C18H15NO7. The topological polar surface area (TPSA) is 134 Å². The van der Waals surface area contributed by atoms with Gasteiger partial charge in [0.25, 0.3) is 5.56 Å². The summed E-state index contributed by atoms with van der Waals surface area (Å²) in [7, 11) is 0. The number of aliphatic carboxylic acids is 1. The second kappa shape index (κ2) is 7.93. The van der Waals surface area contributed by atoms with Crippen LogP contribution in [0.4, 0.5) is 0 Å². The van der Waals surface area contributed by atoms with Crippen molar-refractivity contribution in [3.05, 3.63) is 69.1 Å². The highest BCUT2D eigenvalue weighted by molar-refractivity contribution is 6.08. The number of ether oxygens (including phenoxy) is 1. The van der Waals surface area contributed by atoms with Gasteiger partial charge in [-0.15, -0.1) is 0 Å². The maximum atomic E-state index is 12.3. The van der Waals surface area contributed by atoms with Crippen molar-refractivity contribution >= 4 is 23.8 Å². The van der Waals surface area contributed by atoms with E-state index in [-0.39, 0.29) is 11.3 Å². The average molecular weight is 357 g/mol. The molecule has 0 aliphatic carbocycles. The lowest BCUT2D eigenvalue weighted by atomic mass is 10.1. The van der Waals surface area contributed by atoms with Crippen LogP contribution < -0.4 is 10.3 Å². The van der Waals surface area contributed by atoms with Crippen LogP contribution in [-0.4, -0.2) is 39.5 Å². The Kier molecular flexibility index (Phi) is 5.69. The molecule has 1 aromatic carbocycles. The molecule has 8 heteroatoms. The zero-order valence-electron chi connectivity index (χ0n) is 13.7. The molecule has 2 aromatic rings. The number of carboxylic acids is 2. The predicted molar refractivity (Wildman–Crippen MR) is 91.7 cm³/mol. The van der Waals surface area contributed by atoms with Crippen molar-refractivity contribution in [2.24, 2.45) is 0 Å². The standard InChI is InChI=1S/C18H15NO7/c1-10-13(8-14(18(24)25)17(23)19-10)15(20)6-5-11-3-2-4-12(7-11)26-9-16(21)22/h2-8H,9H2,1H3,(H,19,23)(H,21,22)(H,24,25). The smallest absolute Gasteiger partial charge is 0.341 e. The van der Waals surface area contributed by atoms with Crippen LogP contribution in [0.25, 0.3) is 6.08 Å². The summed E-state index contributed by atoms with van der Waals surface area (Å²) in [5.74, 6) is -2.69. The average Bonchev–Trinajstić information content (AvgIpc) is 2.58. The summed E-state index contributed by atoms with van der Waals surface area (Å²) < 4.78 is 5.05. The third-order valence-electron chi connectivity index (χ3n) is 3.38. The maximum Gasteiger partial charge on any atom is 0.341 e. The number of carboxylic acid groups (broad SMARTS) is 2. The van der Waals surface area contributed by atoms with Crippen LogP contribution in [0.1, 0.15) is 32.0 Å². The van der Waals surface area contributed by atoms with E-state index < -0.39 is 35.5 Å². The van der Waals surface area contributed by atoms with E-state index in [1.807, 2.05) is 0 Å². The molecular weight excluding hydrogens is 342 g/mol. The van der Waals surface area contributed by atoms with Crippen molar-refractivity contribution in [2.75, 3.05) is 6.61 Å². The Morgan fingerprint density at radius 3 is 2.54 bits per heavy atom. The van der Waals surface area contributed by atoms with Gasteiger partial charge in [-0.05, 0) is 36.8 Å². The van der Waals surface area contributed by atoms with E-state index in [1.54, 1.807) is 24.3 Å². The van der Waals surface area contributed by atoms with Crippen LogP contribution in [0.2, 0.25) is 0 Å². The maximum absolute atomic E-state index is 12.3. The second-order valence-corrected chi connectivity index (χ2v) is 5.31. The molecule has 134 valence electrons. The molecule has 1 aromatic heterocycles. The summed E-state index contributed by atoms with van der Waals surface area (Å²) in [5, 5.41) is 17.6. The van der Waals surface area contributed by atoms with Gasteiger partial charge >= 0.3 is 11.9 Å². The highest BCUT2D eigenvalue weighted by atomic mass is 16.5. The molecule has 0 saturated heterocycles. The summed E-state index contributed by atoms with van der Waals surface area (Å²) in [4.78, 5) is 47.8. The van der Waals surface area contributed by atoms with E-state index >= 15 is 0 Å². The number of allylic oxidation sites excluding steroid dienone is 1. The Hall–Kier alpha value is -3.68. The normalized spacial score (nSPS) is 10.7. The van der Waals surface area contributed by atoms with E-state index in [2.05, 4.69) is 4.98 Å². The quantitative estimate of drug-likeness (QED) is 0.507. The van der Waals surface area contributed by atoms with Gasteiger partial charge in [-0.2, -0.15) is 0 Å². The molecule has 0 fully saturated rings. The van der Waals surface area contributed by atoms with Crippen molar-refractivity contribution in [3.8, 4) is 5.75 Å². The fraction of sp³-hybridized carbons (Fsp3) is 0.111. The fourth-order valence-electron chi connectivity index (χ4n) is 2.15. The number of carbonyl (C=O) groups excluding carboxylic acids is 1. The van der Waals surface area contributed by atoms with Gasteiger partial charge in [-0.1, -0.05) is 18.2 Å². The number of carbonyl (C=O) groups is 3. The molecule has 0 atom stereocenters. The van der Waals surface area contributed by atoms with Crippen LogP contribution in [0.3, 0.4) is 0 Å². The molecule has 0 amide bonds. The van der Waals surface area contributed by atoms with E-state index in [9.17, 15) is 19.2 Å². The molecule has 0 aliphatic rings. The molecule has 0 unspecified atom stereocenters. The van der Waals surface area contributed by atoms with Crippen LogP contribution in [-0.2, 0) is 4.79 Å². The minimum absolute atomic E-state index is 0.0662. The highest BCUT2D eigenvalue weighted by Gasteiger charge is 2.15. The number of hydrogen-bond donors (Lipinski definition) is 3. The predicted octanol–water partition coefficient (Wildman–Crippen LogP) is 1.74. The highest BCUT2D eigenvalue weighted by Crippen LogP contribution is 2.15. The van der Waals surface area contributed by atoms with Crippen molar-refractivity contribution < 1.29 is 29.3 Å². The first-order chi connectivity index (χ1) is 12.3. The zero-order chi connectivity index (χ0) is 19.3. The third-order valence-corrected chi connectivity index (χ3v) is 3.38. The molecule has 0 aliphatic heterocycles. The van der Waals surface area contributed by atoms with E-state index in [4.69, 9.17) is 14.9 Å². The number of aromatic carboxylic acids is 1. The lowest BCUT2D eigenvalue weighted by molar-refractivity contribution is -0.139. The Labute approximate surface area is 147 Å². The molecule has 8 nitrogen and oxygen atoms in total. The van der Waals surface area contributed by atoms with Gasteiger partial charge in [-0.25, -0.2) is 9.59 Å². The van der Waals surface area contributed by atoms with Crippen LogP contribution >= 0.6 is 0 Å². The van der Waals surface area contributed by atoms with E-state index in [0.29, 0.717) is 11.3 Å². The molecule has 3 N–H and O–H groups in total. The number of aromatic amines is 1. The van der Waals surface area contributed by atoms with Crippen molar-refractivity contribution in [3.63, 3.8) is 0 Å². The Morgan fingerprint density at radius 2 is 1.88 bits per heavy atom. The minimum atomic E-state index is -1.42. The molecule has 1 heterocycles. The van der Waals surface area contributed by atoms with Crippen molar-refractivity contribution in [1.82, 2.24) is 4.98 Å². The van der Waals surface area contributed by atoms with Crippen molar-refractivity contribution in [1.29, 1.82) is 0 Å². The number of benzene rings is 1. The Bertz CT molecular complexity index is 956. The second-order valence-electron chi connectivity index (χ2n) is 5.31. The van der Waals surface area contributed by atoms with Crippen LogP contribution in [0.15, 0.2) is 41.2 Å². The van der Waals surface area contributed by atoms with E-state index in [1.165, 1.54) is 19.1 Å². The Morgan fingerprint density at radius 1 is 1.15 bits per heavy atom. The first-order valence-corrected chi connectivity index (χ1v) is 7.42. The molecule has 0 bridgehead atoms. The monoisotopic (exact) mass is 357 g/mol. The molecule has 26 heavy (non-hydrogen) atoms. The molecule has 0 radical (unpaired) electrons. The zero-order valence-corrected chi connectivity index (χ0v) is 13.7. The SMILES string of the molecule is Cc1[nH]c(=O)c(C(=O)O)cc1C(=O)C=Cc1cccc(OCC(=O)O)c1. The first-order valence-electron chi connectivity index (χ1n) is 7.42. The lowest BCUT2D eigenvalue weighted by Crippen LogP contribution is -2.20. The number of ketones is 1. The lowest BCUT2D eigenvalue weighted by Gasteiger charge is -2.04. The molecule has 0 saturated carbocycles. The van der Waals surface area contributed by atoms with Gasteiger partial charge in [0.05, 0.1) is 0 Å². The number of hydrogen-bond acceptors (Lipinski definition) is 5. The molecule has 2 rings (SSSR count). The fourth-order valence-corrected chi connectivity index (χ4v) is 2.15. The number of aryl methyl sites for hydroxylation is 1. The van der Waals surface area contributed by atoms with Gasteiger partial charge in [-0.3, -0.25) is 9.59 Å². The first kappa shape index (κ1) is 18.7. The number of aromatic nitrogens is 1. The minimum Gasteiger partial charge on any atom is -0.482 e. The largest absolute Gasteiger partial charge is 0.482 e. The van der Waals surface area contributed by atoms with Gasteiger partial charge in [0.1, 0.15) is 11.3 Å². The number of rotatable bonds is 7. The third kappa shape index (κ3) is 4.67. The van der Waals surface area contributed by atoms with Gasteiger partial charge < -0.3 is 19.9 Å². The summed E-state index contributed by atoms with van der Waals surface area (Å²) in [6, 6.07) is 7.48. The summed E-state index contributed by atoms with van der Waals surface area (Å²) in [6.07, 6.45) is 2.70. The number of nitrogens with one attached hydrogen (secondary N) is 1. The van der Waals surface area contributed by atoms with Gasteiger partial charge in [0.15, 0.2) is 12.4 Å². The molecule has 0 spiro atoms. The van der Waals surface area contributed by atoms with Gasteiger partial charge in [0, 0.05) is 11.3 Å². The van der Waals surface area contributed by atoms with Crippen molar-refractivity contribution in [2.45, 2.75) is 6.92 Å². The van der Waals surface area contributed by atoms with Crippen LogP contribution in [0, 0.1) is 6.92 Å². The summed E-state index contributed by atoms with van der Waals surface area (Å²) in [6.45, 7) is 1.01. The Balaban J connectivity index is 2.23. The number of pyridine rings is 1. The van der Waals surface area contributed by atoms with E-state index in [0.717, 1.165) is 6.07 Å².